The average Bonchev–Trinajstić information content (AvgIpc) is 3.07. The fraction of sp³-hybridized carbons (Fsp3) is 0.375. The molecule has 0 saturated carbocycles. The minimum Gasteiger partial charge on any atom is -0.319 e. The van der Waals surface area contributed by atoms with Crippen LogP contribution in [0, 0.1) is 0 Å². The molecule has 3 nitrogen and oxygen atoms in total. The molecule has 124 valence electrons. The normalized spacial score (nSPS) is 15.1. The van der Waals surface area contributed by atoms with Crippen LogP contribution in [0.25, 0.3) is 0 Å². The summed E-state index contributed by atoms with van der Waals surface area (Å²) in [6, 6.07) is 7.40. The Hall–Kier alpha value is -0.620. The Labute approximate surface area is 156 Å². The van der Waals surface area contributed by atoms with Crippen LogP contribution in [0.3, 0.4) is 0 Å². The molecule has 2 rings (SSSR count). The Morgan fingerprint density at radius 1 is 1.39 bits per heavy atom. The van der Waals surface area contributed by atoms with Crippen LogP contribution in [-0.2, 0) is 4.79 Å². The minimum atomic E-state index is -0.435. The molecule has 3 unspecified atom stereocenters. The van der Waals surface area contributed by atoms with Gasteiger partial charge in [0.15, 0.2) is 0 Å². The van der Waals surface area contributed by atoms with Crippen LogP contribution < -0.4 is 0 Å². The highest BCUT2D eigenvalue weighted by Crippen LogP contribution is 2.42. The van der Waals surface area contributed by atoms with Gasteiger partial charge in [-0.2, -0.15) is 12.6 Å². The molecule has 1 heterocycles. The van der Waals surface area contributed by atoms with Crippen LogP contribution in [0.2, 0.25) is 5.02 Å². The molecular formula is C16H18Cl2N2OS2. The lowest BCUT2D eigenvalue weighted by molar-refractivity contribution is -0.110. The quantitative estimate of drug-likeness (QED) is 0.511. The average molecular weight is 389 g/mol. The third kappa shape index (κ3) is 5.18. The van der Waals surface area contributed by atoms with Gasteiger partial charge in [-0.05, 0) is 24.1 Å². The molecule has 0 spiro atoms. The van der Waals surface area contributed by atoms with Crippen molar-refractivity contribution in [2.24, 2.45) is 0 Å². The number of benzene rings is 1. The van der Waals surface area contributed by atoms with E-state index in [-0.39, 0.29) is 15.6 Å². The first-order chi connectivity index (χ1) is 11.0. The lowest BCUT2D eigenvalue weighted by Crippen LogP contribution is -2.16. The van der Waals surface area contributed by atoms with Gasteiger partial charge in [-0.25, -0.2) is 4.98 Å². The number of halogens is 2. The fourth-order valence-corrected chi connectivity index (χ4v) is 4.16. The van der Waals surface area contributed by atoms with Crippen LogP contribution >= 0.6 is 47.6 Å². The maximum atomic E-state index is 12.4. The Kier molecular flexibility index (Phi) is 7.34. The summed E-state index contributed by atoms with van der Waals surface area (Å²) in [4.78, 5) is 16.5. The molecule has 1 aromatic carbocycles. The summed E-state index contributed by atoms with van der Waals surface area (Å²) in [6.45, 7) is 2.04. The molecule has 1 aromatic heterocycles. The number of thioether (sulfide) groups is 1. The predicted molar refractivity (Wildman–Crippen MR) is 102 cm³/mol. The topological polar surface area (TPSA) is 34.9 Å². The lowest BCUT2D eigenvalue weighted by Gasteiger charge is -2.23. The number of nitrogens with zero attached hydrogens (tertiary/aromatic N) is 2. The molecule has 0 aliphatic carbocycles. The third-order valence-electron chi connectivity index (χ3n) is 3.34. The summed E-state index contributed by atoms with van der Waals surface area (Å²) in [5.41, 5.74) is 0.508. The summed E-state index contributed by atoms with van der Waals surface area (Å²) in [6.07, 6.45) is 6.77. The van der Waals surface area contributed by atoms with E-state index < -0.39 is 5.50 Å². The number of hydrogen-bond donors (Lipinski definition) is 1. The van der Waals surface area contributed by atoms with Crippen molar-refractivity contribution in [3.8, 4) is 0 Å². The Balaban J connectivity index is 2.24. The van der Waals surface area contributed by atoms with Crippen molar-refractivity contribution < 1.29 is 4.79 Å². The smallest absolute Gasteiger partial charge is 0.202 e. The van der Waals surface area contributed by atoms with Crippen molar-refractivity contribution in [2.45, 2.75) is 35.8 Å². The van der Waals surface area contributed by atoms with E-state index in [1.807, 2.05) is 19.1 Å². The molecule has 0 aliphatic heterocycles. The first-order valence-corrected chi connectivity index (χ1v) is 9.49. The van der Waals surface area contributed by atoms with Gasteiger partial charge in [-0.15, -0.1) is 0 Å². The first-order valence-electron chi connectivity index (χ1n) is 7.28. The number of imidazole rings is 1. The number of rotatable bonds is 7. The predicted octanol–water partition coefficient (Wildman–Crippen LogP) is 5.37. The van der Waals surface area contributed by atoms with E-state index in [0.717, 1.165) is 18.4 Å². The molecule has 7 heteroatoms. The number of carbonyl (C=O) groups is 1. The van der Waals surface area contributed by atoms with Gasteiger partial charge in [0.2, 0.25) is 5.12 Å². The third-order valence-corrected chi connectivity index (χ3v) is 6.18. The van der Waals surface area contributed by atoms with Crippen LogP contribution in [0.15, 0.2) is 43.0 Å². The van der Waals surface area contributed by atoms with Gasteiger partial charge >= 0.3 is 0 Å². The van der Waals surface area contributed by atoms with Crippen molar-refractivity contribution in [3.63, 3.8) is 0 Å². The summed E-state index contributed by atoms with van der Waals surface area (Å²) in [5.74, 6) is 0. The van der Waals surface area contributed by atoms with Crippen LogP contribution in [0.1, 0.15) is 36.1 Å². The second-order valence-corrected chi connectivity index (χ2v) is 7.75. The van der Waals surface area contributed by atoms with Crippen LogP contribution in [0.4, 0.5) is 0 Å². The van der Waals surface area contributed by atoms with Gasteiger partial charge in [0.25, 0.3) is 0 Å². The van der Waals surface area contributed by atoms with E-state index in [1.165, 1.54) is 11.8 Å². The summed E-state index contributed by atoms with van der Waals surface area (Å²) < 4.78 is 1.79. The second kappa shape index (κ2) is 9.02. The van der Waals surface area contributed by atoms with Gasteiger partial charge < -0.3 is 4.57 Å². The fourth-order valence-electron chi connectivity index (χ4n) is 2.10. The zero-order valence-electron chi connectivity index (χ0n) is 12.6. The molecule has 2 aromatic rings. The standard InChI is InChI=1S/C16H18Cl2N2OS2/c1-2-3-13(22)16(21)23-14(11-4-6-12(17)7-5-11)15(18)20-9-8-19-10-20/h4-10,13-15,22H,2-3H2,1H3. The van der Waals surface area contributed by atoms with E-state index in [2.05, 4.69) is 17.6 Å². The maximum absolute atomic E-state index is 12.4. The molecule has 0 bridgehead atoms. The number of aromatic nitrogens is 2. The molecule has 23 heavy (non-hydrogen) atoms. The molecule has 0 N–H and O–H groups in total. The minimum absolute atomic E-state index is 0.0286. The molecule has 0 saturated heterocycles. The molecule has 0 fully saturated rings. The Morgan fingerprint density at radius 3 is 2.65 bits per heavy atom. The highest BCUT2D eigenvalue weighted by atomic mass is 35.5. The molecule has 3 atom stereocenters. The van der Waals surface area contributed by atoms with E-state index >= 15 is 0 Å². The summed E-state index contributed by atoms with van der Waals surface area (Å²) in [5, 5.41) is 0.144. The molecule has 0 radical (unpaired) electrons. The van der Waals surface area contributed by atoms with Gasteiger partial charge in [-0.3, -0.25) is 4.79 Å². The van der Waals surface area contributed by atoms with Gasteiger partial charge in [0, 0.05) is 17.4 Å². The van der Waals surface area contributed by atoms with Crippen LogP contribution in [0.5, 0.6) is 0 Å². The number of thiol groups is 1. The van der Waals surface area contributed by atoms with Crippen molar-refractivity contribution in [1.29, 1.82) is 0 Å². The highest BCUT2D eigenvalue weighted by molar-refractivity contribution is 8.15. The SMILES string of the molecule is CCCC(S)C(=O)SC(c1ccc(Cl)cc1)C(Cl)n1ccnc1. The van der Waals surface area contributed by atoms with Gasteiger partial charge in [0.05, 0.1) is 16.8 Å². The van der Waals surface area contributed by atoms with E-state index in [1.54, 1.807) is 35.4 Å². The monoisotopic (exact) mass is 388 g/mol. The summed E-state index contributed by atoms with van der Waals surface area (Å²) >= 11 is 18.2. The Bertz CT molecular complexity index is 620. The molecule has 0 amide bonds. The van der Waals surface area contributed by atoms with E-state index in [4.69, 9.17) is 23.2 Å². The number of alkyl halides is 1. The summed E-state index contributed by atoms with van der Waals surface area (Å²) in [7, 11) is 0. The van der Waals surface area contributed by atoms with Gasteiger partial charge in [-0.1, -0.05) is 60.4 Å². The highest BCUT2D eigenvalue weighted by Gasteiger charge is 2.28. The maximum Gasteiger partial charge on any atom is 0.202 e. The Morgan fingerprint density at radius 2 is 2.09 bits per heavy atom. The van der Waals surface area contributed by atoms with Crippen molar-refractivity contribution in [2.75, 3.05) is 0 Å². The van der Waals surface area contributed by atoms with Crippen molar-refractivity contribution in [3.05, 3.63) is 53.6 Å². The zero-order chi connectivity index (χ0) is 16.8. The number of hydrogen-bond acceptors (Lipinski definition) is 4. The number of carbonyl (C=O) groups excluding carboxylic acids is 1. The molecular weight excluding hydrogens is 371 g/mol. The lowest BCUT2D eigenvalue weighted by atomic mass is 10.1. The first kappa shape index (κ1) is 18.7. The van der Waals surface area contributed by atoms with Crippen LogP contribution in [-0.4, -0.2) is 19.9 Å². The van der Waals surface area contributed by atoms with Crippen molar-refractivity contribution in [1.82, 2.24) is 9.55 Å². The van der Waals surface area contributed by atoms with Gasteiger partial charge in [0.1, 0.15) is 5.50 Å². The molecule has 0 aliphatic rings. The van der Waals surface area contributed by atoms with Crippen molar-refractivity contribution >= 4 is 52.7 Å². The zero-order valence-corrected chi connectivity index (χ0v) is 15.8. The largest absolute Gasteiger partial charge is 0.319 e. The van der Waals surface area contributed by atoms with E-state index in [9.17, 15) is 4.79 Å². The second-order valence-electron chi connectivity index (χ2n) is 5.10. The van der Waals surface area contributed by atoms with E-state index in [0.29, 0.717) is 5.02 Å².